The molecule has 23 heavy (non-hydrogen) atoms. The minimum absolute atomic E-state index is 0.158. The van der Waals surface area contributed by atoms with Crippen LogP contribution in [0.1, 0.15) is 6.42 Å². The minimum atomic E-state index is -4.19. The van der Waals surface area contributed by atoms with Crippen LogP contribution in [0.5, 0.6) is 0 Å². The standard InChI is InChI=1S/C15H10Cl2F3N3/c16-10-2-1-9(7-11(10)17)14-21-12-3-5-23(8-13(12)22-14)6-4-15(18,19)20/h1-3,5,7-8H,4,6H2. The molecule has 0 atom stereocenters. The lowest BCUT2D eigenvalue weighted by molar-refractivity contribution is -0.136. The van der Waals surface area contributed by atoms with Crippen LogP contribution in [0.15, 0.2) is 36.7 Å². The second-order valence-electron chi connectivity index (χ2n) is 4.99. The van der Waals surface area contributed by atoms with Crippen LogP contribution in [0, 0.1) is 0 Å². The van der Waals surface area contributed by atoms with Crippen molar-refractivity contribution in [2.24, 2.45) is 0 Å². The van der Waals surface area contributed by atoms with E-state index in [-0.39, 0.29) is 6.54 Å². The number of rotatable bonds is 3. The molecule has 2 aliphatic rings. The Balaban J connectivity index is 1.90. The molecule has 0 radical (unpaired) electrons. The van der Waals surface area contributed by atoms with E-state index in [4.69, 9.17) is 23.2 Å². The Bertz CT molecular complexity index is 814. The monoisotopic (exact) mass is 359 g/mol. The Morgan fingerprint density at radius 3 is 2.43 bits per heavy atom. The number of hydrogen-bond donors (Lipinski definition) is 0. The molecule has 120 valence electrons. The fraction of sp³-hybridized carbons (Fsp3) is 0.200. The summed E-state index contributed by atoms with van der Waals surface area (Å²) in [5.41, 5.74) is 1.82. The summed E-state index contributed by atoms with van der Waals surface area (Å²) in [7, 11) is 0. The first-order valence-electron chi connectivity index (χ1n) is 6.67. The number of aryl methyl sites for hydroxylation is 1. The van der Waals surface area contributed by atoms with Crippen molar-refractivity contribution >= 4 is 23.2 Å². The van der Waals surface area contributed by atoms with Crippen molar-refractivity contribution in [3.05, 3.63) is 46.7 Å². The summed E-state index contributed by atoms with van der Waals surface area (Å²) in [4.78, 5) is 8.70. The van der Waals surface area contributed by atoms with Gasteiger partial charge in [-0.3, -0.25) is 0 Å². The SMILES string of the molecule is FC(F)(F)CCn1ccc2nc(-c3ccc(Cl)c(Cl)c3)nc-2c1. The molecule has 0 N–H and O–H groups in total. The molecule has 0 bridgehead atoms. The van der Waals surface area contributed by atoms with Gasteiger partial charge in [-0.2, -0.15) is 13.2 Å². The molecule has 1 aromatic rings. The first-order chi connectivity index (χ1) is 10.8. The quantitative estimate of drug-likeness (QED) is 0.634. The first kappa shape index (κ1) is 16.1. The maximum atomic E-state index is 12.3. The number of halogens is 5. The Hall–Kier alpha value is -1.79. The van der Waals surface area contributed by atoms with Gasteiger partial charge in [0.05, 0.1) is 22.2 Å². The van der Waals surface area contributed by atoms with E-state index in [0.29, 0.717) is 32.8 Å². The number of imidazole rings is 1. The zero-order chi connectivity index (χ0) is 16.6. The van der Waals surface area contributed by atoms with Crippen LogP contribution in [-0.2, 0) is 6.54 Å². The molecule has 1 aromatic carbocycles. The molecule has 2 heterocycles. The third-order valence-corrected chi connectivity index (χ3v) is 4.00. The average Bonchev–Trinajstić information content (AvgIpc) is 2.90. The summed E-state index contributed by atoms with van der Waals surface area (Å²) in [6, 6.07) is 6.67. The molecular weight excluding hydrogens is 350 g/mol. The van der Waals surface area contributed by atoms with Crippen molar-refractivity contribution in [2.75, 3.05) is 0 Å². The van der Waals surface area contributed by atoms with Crippen LogP contribution in [0.3, 0.4) is 0 Å². The number of nitrogens with zero attached hydrogens (tertiary/aromatic N) is 3. The molecule has 0 unspecified atom stereocenters. The lowest BCUT2D eigenvalue weighted by Crippen LogP contribution is -2.12. The van der Waals surface area contributed by atoms with E-state index in [1.807, 2.05) is 0 Å². The summed E-state index contributed by atoms with van der Waals surface area (Å²) >= 11 is 11.8. The van der Waals surface area contributed by atoms with Crippen molar-refractivity contribution < 1.29 is 13.2 Å². The van der Waals surface area contributed by atoms with Crippen molar-refractivity contribution in [1.82, 2.24) is 14.5 Å². The van der Waals surface area contributed by atoms with Crippen LogP contribution < -0.4 is 0 Å². The molecule has 0 saturated carbocycles. The first-order valence-corrected chi connectivity index (χ1v) is 7.43. The summed E-state index contributed by atoms with van der Waals surface area (Å²) in [5.74, 6) is 0.451. The van der Waals surface area contributed by atoms with Gasteiger partial charge in [0.1, 0.15) is 5.69 Å². The molecule has 8 heteroatoms. The minimum Gasteiger partial charge on any atom is -0.352 e. The Labute approximate surface area is 140 Å². The topological polar surface area (TPSA) is 30.7 Å². The number of aromatic nitrogens is 3. The zero-order valence-corrected chi connectivity index (χ0v) is 13.1. The normalized spacial score (nSPS) is 12.0. The van der Waals surface area contributed by atoms with E-state index in [1.165, 1.54) is 4.57 Å². The number of alkyl halides is 3. The highest BCUT2D eigenvalue weighted by Crippen LogP contribution is 2.30. The number of pyridine rings is 1. The Morgan fingerprint density at radius 2 is 1.74 bits per heavy atom. The predicted molar refractivity (Wildman–Crippen MR) is 82.8 cm³/mol. The fourth-order valence-corrected chi connectivity index (χ4v) is 2.41. The third kappa shape index (κ3) is 3.76. The van der Waals surface area contributed by atoms with Gasteiger partial charge in [0, 0.05) is 24.5 Å². The van der Waals surface area contributed by atoms with E-state index in [2.05, 4.69) is 9.97 Å². The maximum Gasteiger partial charge on any atom is 0.390 e. The third-order valence-electron chi connectivity index (χ3n) is 3.26. The highest BCUT2D eigenvalue weighted by atomic mass is 35.5. The van der Waals surface area contributed by atoms with E-state index in [1.54, 1.807) is 36.7 Å². The smallest absolute Gasteiger partial charge is 0.352 e. The van der Waals surface area contributed by atoms with Gasteiger partial charge in [-0.1, -0.05) is 23.2 Å². The van der Waals surface area contributed by atoms with E-state index >= 15 is 0 Å². The van der Waals surface area contributed by atoms with Crippen molar-refractivity contribution in [3.63, 3.8) is 0 Å². The lowest BCUT2D eigenvalue weighted by atomic mass is 10.2. The molecule has 0 fully saturated rings. The molecular formula is C15H10Cl2F3N3. The van der Waals surface area contributed by atoms with Crippen molar-refractivity contribution in [2.45, 2.75) is 19.1 Å². The molecule has 0 saturated heterocycles. The van der Waals surface area contributed by atoms with Gasteiger partial charge in [0.2, 0.25) is 0 Å². The Morgan fingerprint density at radius 1 is 1.00 bits per heavy atom. The number of benzene rings is 1. The molecule has 2 aliphatic heterocycles. The highest BCUT2D eigenvalue weighted by Gasteiger charge is 2.26. The highest BCUT2D eigenvalue weighted by molar-refractivity contribution is 6.42. The van der Waals surface area contributed by atoms with Crippen molar-refractivity contribution in [1.29, 1.82) is 0 Å². The molecule has 3 nitrogen and oxygen atoms in total. The van der Waals surface area contributed by atoms with Gasteiger partial charge in [0.25, 0.3) is 0 Å². The van der Waals surface area contributed by atoms with Crippen LogP contribution in [-0.4, -0.2) is 20.7 Å². The average molecular weight is 360 g/mol. The molecule has 0 aliphatic carbocycles. The van der Waals surface area contributed by atoms with Crippen LogP contribution >= 0.6 is 23.2 Å². The molecule has 3 rings (SSSR count). The van der Waals surface area contributed by atoms with Gasteiger partial charge < -0.3 is 4.57 Å². The number of fused-ring (bicyclic) bond motifs is 1. The predicted octanol–water partition coefficient (Wildman–Crippen LogP) is 5.31. The number of hydrogen-bond acceptors (Lipinski definition) is 2. The second-order valence-corrected chi connectivity index (χ2v) is 5.81. The maximum absolute atomic E-state index is 12.3. The van der Waals surface area contributed by atoms with Crippen LogP contribution in [0.2, 0.25) is 10.0 Å². The van der Waals surface area contributed by atoms with E-state index in [9.17, 15) is 13.2 Å². The van der Waals surface area contributed by atoms with Gasteiger partial charge in [-0.05, 0) is 24.3 Å². The van der Waals surface area contributed by atoms with E-state index < -0.39 is 12.6 Å². The van der Waals surface area contributed by atoms with Gasteiger partial charge in [-0.15, -0.1) is 0 Å². The van der Waals surface area contributed by atoms with Crippen LogP contribution in [0.4, 0.5) is 13.2 Å². The lowest BCUT2D eigenvalue weighted by Gasteiger charge is -2.09. The Kier molecular flexibility index (Phi) is 4.21. The van der Waals surface area contributed by atoms with E-state index in [0.717, 1.165) is 0 Å². The second kappa shape index (κ2) is 6.02. The van der Waals surface area contributed by atoms with Gasteiger partial charge >= 0.3 is 6.18 Å². The summed E-state index contributed by atoms with van der Waals surface area (Å²) in [5, 5.41) is 0.815. The summed E-state index contributed by atoms with van der Waals surface area (Å²) in [6.07, 6.45) is -1.97. The molecule has 0 amide bonds. The van der Waals surface area contributed by atoms with Gasteiger partial charge in [0.15, 0.2) is 5.82 Å². The molecule has 0 aromatic heterocycles. The largest absolute Gasteiger partial charge is 0.390 e. The molecule has 0 spiro atoms. The fourth-order valence-electron chi connectivity index (χ4n) is 2.11. The zero-order valence-electron chi connectivity index (χ0n) is 11.6. The van der Waals surface area contributed by atoms with Crippen molar-refractivity contribution in [3.8, 4) is 22.8 Å². The van der Waals surface area contributed by atoms with Gasteiger partial charge in [-0.25, -0.2) is 9.97 Å². The van der Waals surface area contributed by atoms with Crippen LogP contribution in [0.25, 0.3) is 22.8 Å². The summed E-state index contributed by atoms with van der Waals surface area (Å²) in [6.45, 7) is -0.158. The summed E-state index contributed by atoms with van der Waals surface area (Å²) < 4.78 is 38.3.